The second-order valence-corrected chi connectivity index (χ2v) is 6.29. The minimum absolute atomic E-state index is 0.109. The van der Waals surface area contributed by atoms with Crippen molar-refractivity contribution in [1.82, 2.24) is 10.2 Å². The Kier molecular flexibility index (Phi) is 6.58. The topological polar surface area (TPSA) is 58.4 Å². The number of halogens is 1. The van der Waals surface area contributed by atoms with E-state index in [9.17, 15) is 10.1 Å². The van der Waals surface area contributed by atoms with Gasteiger partial charge in [0.25, 0.3) is 5.69 Å². The molecule has 0 aliphatic carbocycles. The van der Waals surface area contributed by atoms with Crippen molar-refractivity contribution in [2.24, 2.45) is 5.92 Å². The van der Waals surface area contributed by atoms with Gasteiger partial charge in [-0.3, -0.25) is 10.1 Å². The number of likely N-dealkylation sites (N-methyl/N-ethyl adjacent to an activating group) is 1. The standard InChI is InChI=1S/C14H22BrN3O2/c1-10(2)12(9-17(3)4)16-8-11-6-5-7-13(14(11)15)18(19)20/h5-7,10,12,16H,8-9H2,1-4H3. The Balaban J connectivity index is 2.78. The minimum Gasteiger partial charge on any atom is -0.308 e. The van der Waals surface area contributed by atoms with E-state index in [-0.39, 0.29) is 10.6 Å². The molecule has 0 radical (unpaired) electrons. The zero-order valence-electron chi connectivity index (χ0n) is 12.4. The van der Waals surface area contributed by atoms with Gasteiger partial charge in [0.1, 0.15) is 0 Å². The van der Waals surface area contributed by atoms with Gasteiger partial charge in [-0.05, 0) is 41.5 Å². The molecule has 0 fully saturated rings. The summed E-state index contributed by atoms with van der Waals surface area (Å²) in [7, 11) is 4.08. The molecule has 0 amide bonds. The molecule has 1 N–H and O–H groups in total. The lowest BCUT2D eigenvalue weighted by Gasteiger charge is -2.26. The maximum atomic E-state index is 10.9. The van der Waals surface area contributed by atoms with Crippen LogP contribution in [0.5, 0.6) is 0 Å². The molecular weight excluding hydrogens is 322 g/mol. The van der Waals surface area contributed by atoms with Crippen LogP contribution in [0.3, 0.4) is 0 Å². The summed E-state index contributed by atoms with van der Waals surface area (Å²) in [4.78, 5) is 12.7. The molecule has 0 saturated carbocycles. The first-order valence-electron chi connectivity index (χ1n) is 6.62. The fraction of sp³-hybridized carbons (Fsp3) is 0.571. The fourth-order valence-electron chi connectivity index (χ4n) is 1.99. The van der Waals surface area contributed by atoms with Crippen molar-refractivity contribution >= 4 is 21.6 Å². The molecule has 20 heavy (non-hydrogen) atoms. The van der Waals surface area contributed by atoms with Crippen LogP contribution in [0.4, 0.5) is 5.69 Å². The maximum Gasteiger partial charge on any atom is 0.283 e. The highest BCUT2D eigenvalue weighted by atomic mass is 79.9. The van der Waals surface area contributed by atoms with Gasteiger partial charge >= 0.3 is 0 Å². The van der Waals surface area contributed by atoms with E-state index >= 15 is 0 Å². The number of hydrogen-bond donors (Lipinski definition) is 1. The van der Waals surface area contributed by atoms with Crippen LogP contribution in [-0.4, -0.2) is 36.5 Å². The third kappa shape index (κ3) is 4.85. The van der Waals surface area contributed by atoms with Gasteiger partial charge in [0.2, 0.25) is 0 Å². The highest BCUT2D eigenvalue weighted by molar-refractivity contribution is 9.10. The van der Waals surface area contributed by atoms with Gasteiger partial charge in [0, 0.05) is 25.2 Å². The van der Waals surface area contributed by atoms with Crippen LogP contribution in [0.2, 0.25) is 0 Å². The van der Waals surface area contributed by atoms with Crippen molar-refractivity contribution < 1.29 is 4.92 Å². The van der Waals surface area contributed by atoms with E-state index in [1.165, 1.54) is 6.07 Å². The Hall–Kier alpha value is -0.980. The third-order valence-electron chi connectivity index (χ3n) is 3.18. The molecule has 0 aliphatic heterocycles. The largest absolute Gasteiger partial charge is 0.308 e. The van der Waals surface area contributed by atoms with Crippen LogP contribution in [0.1, 0.15) is 19.4 Å². The van der Waals surface area contributed by atoms with Gasteiger partial charge in [-0.2, -0.15) is 0 Å². The summed E-state index contributed by atoms with van der Waals surface area (Å²) in [6, 6.07) is 5.47. The summed E-state index contributed by atoms with van der Waals surface area (Å²) in [6.07, 6.45) is 0. The zero-order valence-corrected chi connectivity index (χ0v) is 14.0. The number of nitrogens with one attached hydrogen (secondary N) is 1. The quantitative estimate of drug-likeness (QED) is 0.610. The first-order chi connectivity index (χ1) is 9.32. The van der Waals surface area contributed by atoms with Gasteiger partial charge in [0.15, 0.2) is 0 Å². The first-order valence-corrected chi connectivity index (χ1v) is 7.42. The molecule has 0 bridgehead atoms. The number of nitro groups is 1. The molecule has 0 spiro atoms. The summed E-state index contributed by atoms with van der Waals surface area (Å²) in [6.45, 7) is 5.89. The van der Waals surface area contributed by atoms with Crippen molar-refractivity contribution in [3.8, 4) is 0 Å². The molecular formula is C14H22BrN3O2. The number of rotatable bonds is 7. The van der Waals surface area contributed by atoms with E-state index in [0.29, 0.717) is 23.0 Å². The summed E-state index contributed by atoms with van der Waals surface area (Å²) < 4.78 is 0.560. The SMILES string of the molecule is CC(C)C(CN(C)C)NCc1cccc([N+](=O)[O-])c1Br. The van der Waals surface area contributed by atoms with E-state index in [4.69, 9.17) is 0 Å². The van der Waals surface area contributed by atoms with Crippen LogP contribution in [0.25, 0.3) is 0 Å². The van der Waals surface area contributed by atoms with E-state index < -0.39 is 0 Å². The molecule has 1 atom stereocenters. The molecule has 5 nitrogen and oxygen atoms in total. The monoisotopic (exact) mass is 343 g/mol. The Morgan fingerprint density at radius 2 is 2.05 bits per heavy atom. The van der Waals surface area contributed by atoms with Crippen LogP contribution in [0.15, 0.2) is 22.7 Å². The zero-order chi connectivity index (χ0) is 15.3. The molecule has 112 valence electrons. The van der Waals surface area contributed by atoms with Crippen molar-refractivity contribution in [2.75, 3.05) is 20.6 Å². The summed E-state index contributed by atoms with van der Waals surface area (Å²) in [5.74, 6) is 0.495. The van der Waals surface area contributed by atoms with Crippen LogP contribution in [-0.2, 0) is 6.54 Å². The second-order valence-electron chi connectivity index (χ2n) is 5.50. The summed E-state index contributed by atoms with van der Waals surface area (Å²) >= 11 is 3.33. The van der Waals surface area contributed by atoms with Crippen molar-refractivity contribution in [3.05, 3.63) is 38.3 Å². The number of nitrogens with zero attached hydrogens (tertiary/aromatic N) is 2. The molecule has 1 aromatic carbocycles. The Morgan fingerprint density at radius 3 is 2.55 bits per heavy atom. The van der Waals surface area contributed by atoms with Crippen molar-refractivity contribution in [3.63, 3.8) is 0 Å². The number of hydrogen-bond acceptors (Lipinski definition) is 4. The highest BCUT2D eigenvalue weighted by Crippen LogP contribution is 2.28. The molecule has 1 rings (SSSR count). The predicted octanol–water partition coefficient (Wildman–Crippen LogP) is 3.03. The van der Waals surface area contributed by atoms with Gasteiger partial charge in [0.05, 0.1) is 9.40 Å². The molecule has 1 aromatic rings. The lowest BCUT2D eigenvalue weighted by Crippen LogP contribution is -2.41. The van der Waals surface area contributed by atoms with E-state index in [2.05, 4.69) is 40.0 Å². The first kappa shape index (κ1) is 17.1. The van der Waals surface area contributed by atoms with Crippen molar-refractivity contribution in [1.29, 1.82) is 0 Å². The van der Waals surface area contributed by atoms with Crippen LogP contribution in [0, 0.1) is 16.0 Å². The number of nitro benzene ring substituents is 1. The summed E-state index contributed by atoms with van der Waals surface area (Å²) in [5.41, 5.74) is 1.02. The molecule has 0 heterocycles. The fourth-order valence-corrected chi connectivity index (χ4v) is 2.54. The van der Waals surface area contributed by atoms with Crippen LogP contribution >= 0.6 is 15.9 Å². The van der Waals surface area contributed by atoms with Crippen LogP contribution < -0.4 is 5.32 Å². The van der Waals surface area contributed by atoms with E-state index in [0.717, 1.165) is 12.1 Å². The average Bonchev–Trinajstić information content (AvgIpc) is 2.34. The second kappa shape index (κ2) is 7.71. The van der Waals surface area contributed by atoms with Gasteiger partial charge < -0.3 is 10.2 Å². The lowest BCUT2D eigenvalue weighted by molar-refractivity contribution is -0.385. The normalized spacial score (nSPS) is 12.9. The average molecular weight is 344 g/mol. The molecule has 1 unspecified atom stereocenters. The van der Waals surface area contributed by atoms with Gasteiger partial charge in [-0.25, -0.2) is 0 Å². The molecule has 0 aromatic heterocycles. The minimum atomic E-state index is -0.368. The molecule has 6 heteroatoms. The Labute approximate surface area is 128 Å². The van der Waals surface area contributed by atoms with E-state index in [1.807, 2.05) is 20.2 Å². The van der Waals surface area contributed by atoms with Crippen molar-refractivity contribution in [2.45, 2.75) is 26.4 Å². The molecule has 0 aliphatic rings. The maximum absolute atomic E-state index is 10.9. The predicted molar refractivity (Wildman–Crippen MR) is 84.8 cm³/mol. The number of benzene rings is 1. The van der Waals surface area contributed by atoms with Gasteiger partial charge in [-0.15, -0.1) is 0 Å². The van der Waals surface area contributed by atoms with Gasteiger partial charge in [-0.1, -0.05) is 26.0 Å². The Morgan fingerprint density at radius 1 is 1.40 bits per heavy atom. The lowest BCUT2D eigenvalue weighted by atomic mass is 10.0. The molecule has 0 saturated heterocycles. The highest BCUT2D eigenvalue weighted by Gasteiger charge is 2.17. The summed E-state index contributed by atoms with van der Waals surface area (Å²) in [5, 5.41) is 14.4. The van der Waals surface area contributed by atoms with E-state index in [1.54, 1.807) is 6.07 Å². The smallest absolute Gasteiger partial charge is 0.283 e. The Bertz CT molecular complexity index is 464. The third-order valence-corrected chi connectivity index (χ3v) is 4.09.